The van der Waals surface area contributed by atoms with Crippen molar-refractivity contribution in [1.82, 2.24) is 15.3 Å². The van der Waals surface area contributed by atoms with E-state index in [4.69, 9.17) is 22.4 Å². The Kier molecular flexibility index (Phi) is 16.0. The molecule has 1 saturated carbocycles. The van der Waals surface area contributed by atoms with Crippen LogP contribution in [0.15, 0.2) is 6.20 Å². The van der Waals surface area contributed by atoms with Crippen LogP contribution in [0.5, 0.6) is 0 Å². The first-order chi connectivity index (χ1) is 10.9. The van der Waals surface area contributed by atoms with Crippen molar-refractivity contribution in [3.05, 3.63) is 17.3 Å². The SMILES string of the molecule is CC.CNC(C)=O.Nc1nc(Cl)ncc1F.OC1CCCCC1. The van der Waals surface area contributed by atoms with Crippen LogP contribution in [0, 0.1) is 5.82 Å². The number of anilines is 1. The van der Waals surface area contributed by atoms with E-state index in [1.54, 1.807) is 7.05 Å². The molecule has 6 nitrogen and oxygen atoms in total. The van der Waals surface area contributed by atoms with Gasteiger partial charge in [0.05, 0.1) is 12.3 Å². The Balaban J connectivity index is 0. The van der Waals surface area contributed by atoms with Gasteiger partial charge < -0.3 is 16.2 Å². The first-order valence-electron chi connectivity index (χ1n) is 7.66. The Labute approximate surface area is 142 Å². The predicted molar refractivity (Wildman–Crippen MR) is 91.6 cm³/mol. The predicted octanol–water partition coefficient (Wildman–Crippen LogP) is 2.94. The van der Waals surface area contributed by atoms with Crippen LogP contribution in [-0.4, -0.2) is 34.1 Å². The lowest BCUT2D eigenvalue weighted by Crippen LogP contribution is -2.11. The van der Waals surface area contributed by atoms with Gasteiger partial charge in [0.15, 0.2) is 11.6 Å². The first-order valence-corrected chi connectivity index (χ1v) is 8.04. The topological polar surface area (TPSA) is 101 Å². The summed E-state index contributed by atoms with van der Waals surface area (Å²) in [5.41, 5.74) is 5.01. The Bertz CT molecular complexity index is 430. The smallest absolute Gasteiger partial charge is 0.224 e. The van der Waals surface area contributed by atoms with Gasteiger partial charge in [-0.05, 0) is 24.4 Å². The summed E-state index contributed by atoms with van der Waals surface area (Å²) in [5.74, 6) is -0.876. The van der Waals surface area contributed by atoms with Gasteiger partial charge in [-0.15, -0.1) is 0 Å². The second-order valence-corrected chi connectivity index (χ2v) is 4.81. The van der Waals surface area contributed by atoms with E-state index in [-0.39, 0.29) is 23.1 Å². The normalized spacial score (nSPS) is 13.2. The number of halogens is 2. The van der Waals surface area contributed by atoms with Gasteiger partial charge in [0.25, 0.3) is 0 Å². The third kappa shape index (κ3) is 15.2. The summed E-state index contributed by atoms with van der Waals surface area (Å²) in [6.45, 7) is 5.47. The molecule has 0 bridgehead atoms. The number of hydrogen-bond acceptors (Lipinski definition) is 5. The van der Waals surface area contributed by atoms with Crippen LogP contribution in [-0.2, 0) is 4.79 Å². The fourth-order valence-corrected chi connectivity index (χ4v) is 1.58. The van der Waals surface area contributed by atoms with Gasteiger partial charge in [0.1, 0.15) is 0 Å². The van der Waals surface area contributed by atoms with Gasteiger partial charge >= 0.3 is 0 Å². The van der Waals surface area contributed by atoms with E-state index in [2.05, 4.69) is 15.3 Å². The van der Waals surface area contributed by atoms with Crippen LogP contribution in [0.4, 0.5) is 10.2 Å². The highest BCUT2D eigenvalue weighted by Gasteiger charge is 2.07. The number of nitrogens with one attached hydrogen (secondary N) is 1. The van der Waals surface area contributed by atoms with Gasteiger partial charge in [0, 0.05) is 14.0 Å². The summed E-state index contributed by atoms with van der Waals surface area (Å²) < 4.78 is 12.2. The summed E-state index contributed by atoms with van der Waals surface area (Å²) in [5, 5.41) is 11.3. The summed E-state index contributed by atoms with van der Waals surface area (Å²) in [6, 6.07) is 0. The fourth-order valence-electron chi connectivity index (χ4n) is 1.44. The average Bonchev–Trinajstić information content (AvgIpc) is 2.55. The molecule has 8 heteroatoms. The van der Waals surface area contributed by atoms with Gasteiger partial charge in [-0.3, -0.25) is 4.79 Å². The molecule has 0 spiro atoms. The van der Waals surface area contributed by atoms with Crippen LogP contribution < -0.4 is 11.1 Å². The molecular weight excluding hydrogens is 323 g/mol. The van der Waals surface area contributed by atoms with Crippen molar-refractivity contribution in [3.8, 4) is 0 Å². The summed E-state index contributed by atoms with van der Waals surface area (Å²) in [7, 11) is 1.60. The van der Waals surface area contributed by atoms with Crippen molar-refractivity contribution < 1.29 is 14.3 Å². The van der Waals surface area contributed by atoms with Gasteiger partial charge in [-0.25, -0.2) is 9.37 Å². The second kappa shape index (κ2) is 15.4. The number of carbonyl (C=O) groups is 1. The van der Waals surface area contributed by atoms with E-state index in [9.17, 15) is 9.18 Å². The van der Waals surface area contributed by atoms with Crippen LogP contribution in [0.1, 0.15) is 52.9 Å². The average molecular weight is 351 g/mol. The number of amides is 1. The molecule has 1 aromatic heterocycles. The lowest BCUT2D eigenvalue weighted by Gasteiger charge is -2.14. The van der Waals surface area contributed by atoms with Crippen molar-refractivity contribution in [1.29, 1.82) is 0 Å². The number of rotatable bonds is 0. The summed E-state index contributed by atoms with van der Waals surface area (Å²) in [6.07, 6.45) is 6.85. The second-order valence-electron chi connectivity index (χ2n) is 4.47. The molecule has 1 aromatic rings. The van der Waals surface area contributed by atoms with E-state index < -0.39 is 5.82 Å². The molecule has 1 aliphatic carbocycles. The van der Waals surface area contributed by atoms with Crippen molar-refractivity contribution in [2.75, 3.05) is 12.8 Å². The minimum absolute atomic E-state index is 0.00463. The number of aromatic nitrogens is 2. The number of nitrogens with two attached hydrogens (primary N) is 1. The van der Waals surface area contributed by atoms with E-state index >= 15 is 0 Å². The molecule has 0 unspecified atom stereocenters. The molecule has 134 valence electrons. The highest BCUT2D eigenvalue weighted by atomic mass is 35.5. The van der Waals surface area contributed by atoms with Gasteiger partial charge in [0.2, 0.25) is 11.2 Å². The lowest BCUT2D eigenvalue weighted by molar-refractivity contribution is -0.118. The molecule has 1 aliphatic rings. The number of hydrogen-bond donors (Lipinski definition) is 3. The molecule has 0 atom stereocenters. The van der Waals surface area contributed by atoms with Gasteiger partial charge in [-0.1, -0.05) is 33.1 Å². The van der Waals surface area contributed by atoms with E-state index in [0.29, 0.717) is 0 Å². The van der Waals surface area contributed by atoms with Gasteiger partial charge in [-0.2, -0.15) is 4.98 Å². The zero-order valence-electron chi connectivity index (χ0n) is 14.3. The van der Waals surface area contributed by atoms with Crippen LogP contribution >= 0.6 is 11.6 Å². The minimum Gasteiger partial charge on any atom is -0.393 e. The molecule has 2 rings (SSSR count). The quantitative estimate of drug-likeness (QED) is 0.624. The van der Waals surface area contributed by atoms with Crippen molar-refractivity contribution in [2.45, 2.75) is 59.0 Å². The number of aliphatic hydroxyl groups is 1. The standard InChI is InChI=1S/C6H12O.C4H3ClFN3.C3H7NO.C2H6/c7-6-4-2-1-3-5-6;5-4-8-1-2(6)3(7)9-4;1-3(5)4-2;1-2/h6-7H,1-5H2;1H,(H2,7,8,9);1-2H3,(H,4,5);1-2H3. The zero-order chi connectivity index (χ0) is 18.3. The van der Waals surface area contributed by atoms with Crippen molar-refractivity contribution >= 4 is 23.3 Å². The van der Waals surface area contributed by atoms with Crippen molar-refractivity contribution in [2.24, 2.45) is 0 Å². The van der Waals surface area contributed by atoms with Crippen LogP contribution in [0.3, 0.4) is 0 Å². The van der Waals surface area contributed by atoms with E-state index in [1.807, 2.05) is 13.8 Å². The van der Waals surface area contributed by atoms with Crippen LogP contribution in [0.2, 0.25) is 5.28 Å². The molecule has 23 heavy (non-hydrogen) atoms. The molecule has 0 aliphatic heterocycles. The molecule has 4 N–H and O–H groups in total. The Morgan fingerprint density at radius 3 is 2.13 bits per heavy atom. The molecular formula is C15H28ClFN4O2. The summed E-state index contributed by atoms with van der Waals surface area (Å²) >= 11 is 5.25. The number of aliphatic hydroxyl groups excluding tert-OH is 1. The summed E-state index contributed by atoms with van der Waals surface area (Å²) in [4.78, 5) is 16.4. The largest absolute Gasteiger partial charge is 0.393 e. The third-order valence-electron chi connectivity index (χ3n) is 2.67. The molecule has 0 saturated heterocycles. The maximum absolute atomic E-state index is 12.2. The monoisotopic (exact) mass is 350 g/mol. The maximum Gasteiger partial charge on any atom is 0.224 e. The number of nitrogens with zero attached hydrogens (tertiary/aromatic N) is 2. The minimum atomic E-state index is -0.653. The molecule has 0 radical (unpaired) electrons. The number of nitrogen functional groups attached to an aromatic ring is 1. The lowest BCUT2D eigenvalue weighted by atomic mass is 9.98. The maximum atomic E-state index is 12.2. The highest BCUT2D eigenvalue weighted by molar-refractivity contribution is 6.28. The molecule has 0 aromatic carbocycles. The Morgan fingerprint density at radius 1 is 1.39 bits per heavy atom. The molecule has 1 amide bonds. The molecule has 1 fully saturated rings. The van der Waals surface area contributed by atoms with Crippen molar-refractivity contribution in [3.63, 3.8) is 0 Å². The highest BCUT2D eigenvalue weighted by Crippen LogP contribution is 2.16. The Morgan fingerprint density at radius 2 is 1.87 bits per heavy atom. The third-order valence-corrected chi connectivity index (χ3v) is 2.85. The Hall–Kier alpha value is -1.47. The van der Waals surface area contributed by atoms with Crippen LogP contribution in [0.25, 0.3) is 0 Å². The first kappa shape index (κ1) is 23.8. The van der Waals surface area contributed by atoms with E-state index in [0.717, 1.165) is 19.0 Å². The number of carbonyl (C=O) groups excluding carboxylic acids is 1. The molecule has 1 heterocycles. The van der Waals surface area contributed by atoms with E-state index in [1.165, 1.54) is 26.2 Å². The fraction of sp³-hybridized carbons (Fsp3) is 0.667. The zero-order valence-corrected chi connectivity index (χ0v) is 15.0.